The molecule has 2 heterocycles. The zero-order valence-electron chi connectivity index (χ0n) is 12.0. The number of fused-ring (bicyclic) bond motifs is 3. The Labute approximate surface area is 126 Å². The first-order chi connectivity index (χ1) is 10.7. The number of para-hydroxylation sites is 1. The average molecular weight is 287 g/mol. The van der Waals surface area contributed by atoms with Gasteiger partial charge in [-0.1, -0.05) is 48.5 Å². The van der Waals surface area contributed by atoms with Gasteiger partial charge in [0, 0.05) is 16.3 Å². The van der Waals surface area contributed by atoms with Crippen molar-refractivity contribution in [2.24, 2.45) is 0 Å². The maximum absolute atomic E-state index is 12.3. The molecule has 4 rings (SSSR count). The summed E-state index contributed by atoms with van der Waals surface area (Å²) in [7, 11) is 0. The summed E-state index contributed by atoms with van der Waals surface area (Å²) >= 11 is 0. The molecule has 4 aromatic rings. The highest BCUT2D eigenvalue weighted by molar-refractivity contribution is 6.05. The molecule has 0 fully saturated rings. The number of rotatable bonds is 1. The molecule has 0 saturated heterocycles. The van der Waals surface area contributed by atoms with E-state index in [0.29, 0.717) is 11.1 Å². The molecule has 0 unspecified atom stereocenters. The average Bonchev–Trinajstić information content (AvgIpc) is 2.55. The monoisotopic (exact) mass is 287 g/mol. The normalized spacial score (nSPS) is 11.1. The van der Waals surface area contributed by atoms with Crippen molar-refractivity contribution in [1.29, 1.82) is 0 Å². The Morgan fingerprint density at radius 2 is 1.68 bits per heavy atom. The Balaban J connectivity index is 2.14. The van der Waals surface area contributed by atoms with Crippen LogP contribution in [0, 0.1) is 6.92 Å². The summed E-state index contributed by atoms with van der Waals surface area (Å²) in [5, 5.41) is 1.79. The predicted octanol–water partition coefficient (Wildman–Crippen LogP) is 4.32. The highest BCUT2D eigenvalue weighted by atomic mass is 16.4. The van der Waals surface area contributed by atoms with E-state index in [1.165, 1.54) is 0 Å². The van der Waals surface area contributed by atoms with E-state index in [2.05, 4.69) is 4.98 Å². The molecule has 0 spiro atoms. The fraction of sp³-hybridized carbons (Fsp3) is 0.0526. The van der Waals surface area contributed by atoms with Crippen LogP contribution in [-0.2, 0) is 0 Å². The van der Waals surface area contributed by atoms with E-state index in [9.17, 15) is 4.79 Å². The molecule has 2 aromatic carbocycles. The first-order valence-corrected chi connectivity index (χ1v) is 7.12. The summed E-state index contributed by atoms with van der Waals surface area (Å²) < 4.78 is 5.40. The Kier molecular flexibility index (Phi) is 2.79. The molecule has 0 amide bonds. The van der Waals surface area contributed by atoms with E-state index in [-0.39, 0.29) is 0 Å². The van der Waals surface area contributed by atoms with Crippen molar-refractivity contribution >= 4 is 21.9 Å². The van der Waals surface area contributed by atoms with Crippen LogP contribution in [0.2, 0.25) is 0 Å². The van der Waals surface area contributed by atoms with Crippen LogP contribution in [0.25, 0.3) is 33.1 Å². The van der Waals surface area contributed by atoms with Crippen molar-refractivity contribution < 1.29 is 4.42 Å². The lowest BCUT2D eigenvalue weighted by Gasteiger charge is -2.08. The first-order valence-electron chi connectivity index (χ1n) is 7.12. The summed E-state index contributed by atoms with van der Waals surface area (Å²) in [6, 6.07) is 19.4. The number of hydrogen-bond donors (Lipinski definition) is 0. The maximum Gasteiger partial charge on any atom is 0.363 e. The largest absolute Gasteiger partial charge is 0.421 e. The van der Waals surface area contributed by atoms with Gasteiger partial charge in [0.05, 0.1) is 5.69 Å². The van der Waals surface area contributed by atoms with Crippen LogP contribution >= 0.6 is 0 Å². The number of benzene rings is 2. The van der Waals surface area contributed by atoms with Gasteiger partial charge in [-0.15, -0.1) is 0 Å². The summed E-state index contributed by atoms with van der Waals surface area (Å²) in [6.45, 7) is 2.00. The molecule has 0 aliphatic rings. The van der Waals surface area contributed by atoms with Crippen LogP contribution in [0.5, 0.6) is 0 Å². The highest BCUT2D eigenvalue weighted by Gasteiger charge is 2.12. The Hall–Kier alpha value is -2.94. The van der Waals surface area contributed by atoms with Crippen molar-refractivity contribution in [3.8, 4) is 11.3 Å². The lowest BCUT2D eigenvalue weighted by atomic mass is 10.0. The molecule has 106 valence electrons. The Bertz CT molecular complexity index is 1050. The van der Waals surface area contributed by atoms with Crippen molar-refractivity contribution in [1.82, 2.24) is 4.98 Å². The van der Waals surface area contributed by atoms with Gasteiger partial charge in [-0.25, -0.2) is 9.78 Å². The number of pyridine rings is 1. The SMILES string of the molecule is Cc1cc(-c2ccccc2)nc2c(=O)oc3ccccc3c12. The highest BCUT2D eigenvalue weighted by Crippen LogP contribution is 2.28. The van der Waals surface area contributed by atoms with Gasteiger partial charge in [0.15, 0.2) is 5.52 Å². The van der Waals surface area contributed by atoms with Crippen LogP contribution < -0.4 is 5.63 Å². The number of hydrogen-bond acceptors (Lipinski definition) is 3. The Morgan fingerprint density at radius 1 is 0.955 bits per heavy atom. The van der Waals surface area contributed by atoms with E-state index in [4.69, 9.17) is 4.42 Å². The third-order valence-corrected chi connectivity index (χ3v) is 3.84. The quantitative estimate of drug-likeness (QED) is 0.387. The molecule has 3 heteroatoms. The second-order valence-electron chi connectivity index (χ2n) is 5.30. The van der Waals surface area contributed by atoms with Crippen molar-refractivity contribution in [3.63, 3.8) is 0 Å². The minimum atomic E-state index is -0.394. The minimum Gasteiger partial charge on any atom is -0.421 e. The van der Waals surface area contributed by atoms with Gasteiger partial charge in [-0.2, -0.15) is 0 Å². The lowest BCUT2D eigenvalue weighted by molar-refractivity contribution is 0.568. The number of nitrogens with zero attached hydrogens (tertiary/aromatic N) is 1. The van der Waals surface area contributed by atoms with Gasteiger partial charge in [0.2, 0.25) is 0 Å². The second-order valence-corrected chi connectivity index (χ2v) is 5.30. The van der Waals surface area contributed by atoms with Gasteiger partial charge in [-0.3, -0.25) is 0 Å². The van der Waals surface area contributed by atoms with Crippen molar-refractivity contribution in [2.75, 3.05) is 0 Å². The van der Waals surface area contributed by atoms with Crippen LogP contribution in [-0.4, -0.2) is 4.98 Å². The summed E-state index contributed by atoms with van der Waals surface area (Å²) in [4.78, 5) is 16.8. The molecule has 22 heavy (non-hydrogen) atoms. The topological polar surface area (TPSA) is 43.1 Å². The van der Waals surface area contributed by atoms with E-state index in [1.807, 2.05) is 61.5 Å². The van der Waals surface area contributed by atoms with E-state index >= 15 is 0 Å². The third kappa shape index (κ3) is 1.91. The number of aryl methyl sites for hydroxylation is 1. The molecular weight excluding hydrogens is 274 g/mol. The molecule has 0 atom stereocenters. The van der Waals surface area contributed by atoms with E-state index in [0.717, 1.165) is 27.6 Å². The number of aromatic nitrogens is 1. The minimum absolute atomic E-state index is 0.387. The van der Waals surface area contributed by atoms with Crippen LogP contribution in [0.4, 0.5) is 0 Å². The molecule has 3 nitrogen and oxygen atoms in total. The van der Waals surface area contributed by atoms with Crippen molar-refractivity contribution in [2.45, 2.75) is 6.92 Å². The molecule has 0 radical (unpaired) electrons. The molecule has 0 saturated carbocycles. The van der Waals surface area contributed by atoms with Gasteiger partial charge < -0.3 is 4.42 Å². The molecule has 0 aliphatic carbocycles. The van der Waals surface area contributed by atoms with Crippen LogP contribution in [0.3, 0.4) is 0 Å². The molecule has 0 N–H and O–H groups in total. The van der Waals surface area contributed by atoms with Gasteiger partial charge >= 0.3 is 5.63 Å². The first kappa shape index (κ1) is 12.8. The molecular formula is C19H13NO2. The van der Waals surface area contributed by atoms with Crippen LogP contribution in [0.15, 0.2) is 69.9 Å². The van der Waals surface area contributed by atoms with Gasteiger partial charge in [0.25, 0.3) is 0 Å². The van der Waals surface area contributed by atoms with Gasteiger partial charge in [0.1, 0.15) is 5.58 Å². The summed E-state index contributed by atoms with van der Waals surface area (Å²) in [5.41, 5.74) is 3.38. The predicted molar refractivity (Wildman–Crippen MR) is 88.0 cm³/mol. The fourth-order valence-corrected chi connectivity index (χ4v) is 2.83. The van der Waals surface area contributed by atoms with Crippen molar-refractivity contribution in [3.05, 3.63) is 76.6 Å². The smallest absolute Gasteiger partial charge is 0.363 e. The zero-order chi connectivity index (χ0) is 15.1. The fourth-order valence-electron chi connectivity index (χ4n) is 2.83. The molecule has 0 aliphatic heterocycles. The molecule has 0 bridgehead atoms. The van der Waals surface area contributed by atoms with Crippen LogP contribution in [0.1, 0.15) is 5.56 Å². The molecule has 2 aromatic heterocycles. The lowest BCUT2D eigenvalue weighted by Crippen LogP contribution is -2.04. The Morgan fingerprint density at radius 3 is 2.50 bits per heavy atom. The summed E-state index contributed by atoms with van der Waals surface area (Å²) in [6.07, 6.45) is 0. The maximum atomic E-state index is 12.3. The summed E-state index contributed by atoms with van der Waals surface area (Å²) in [5.74, 6) is 0. The van der Waals surface area contributed by atoms with E-state index in [1.54, 1.807) is 6.07 Å². The zero-order valence-corrected chi connectivity index (χ0v) is 12.0. The third-order valence-electron chi connectivity index (χ3n) is 3.84. The van der Waals surface area contributed by atoms with Gasteiger partial charge in [-0.05, 0) is 24.6 Å². The van der Waals surface area contributed by atoms with E-state index < -0.39 is 5.63 Å². The standard InChI is InChI=1S/C19H13NO2/c1-12-11-15(13-7-3-2-4-8-13)20-18-17(12)14-9-5-6-10-16(14)22-19(18)21/h2-11H,1H3. The second kappa shape index (κ2) is 4.81.